The number of nitrogens with two attached hydrogens (primary N) is 3. The smallest absolute Gasteiger partial charge is 0.394 e. The van der Waals surface area contributed by atoms with Crippen molar-refractivity contribution in [2.24, 2.45) is 5.90 Å². The SMILES string of the molecule is NO[P@](=O)(OC[C@@H]1O[C@H](n2ccc(N)nc2=O)[C@H](O)[C@@H]1O)O[C@@H]1[C@@H](O)[C@H](n2ccc(N)nc2=O)O[C@@H]1CO. The molecule has 2 aromatic heterocycles. The molecule has 0 saturated carbocycles. The van der Waals surface area contributed by atoms with Crippen LogP contribution in [0.4, 0.5) is 11.6 Å². The molecular formula is C18H26N7O12P. The molecule has 2 aromatic rings. The van der Waals surface area contributed by atoms with Gasteiger partial charge in [-0.3, -0.25) is 18.2 Å². The van der Waals surface area contributed by atoms with E-state index in [1.807, 2.05) is 0 Å². The average molecular weight is 563 g/mol. The van der Waals surface area contributed by atoms with E-state index in [0.29, 0.717) is 0 Å². The van der Waals surface area contributed by atoms with Gasteiger partial charge in [-0.2, -0.15) is 9.97 Å². The maximum atomic E-state index is 13.1. The molecule has 2 fully saturated rings. The summed E-state index contributed by atoms with van der Waals surface area (Å²) < 4.78 is 40.5. The van der Waals surface area contributed by atoms with Crippen LogP contribution in [0.5, 0.6) is 0 Å². The van der Waals surface area contributed by atoms with E-state index in [2.05, 4.69) is 14.6 Å². The standard InChI is InChI=1S/C18H26N7O12P/c19-9-1-3-24(17(30)22-9)15-12(28)11(27)8(35-15)6-33-38(32,37-21)36-14-7(5-26)34-16(13(14)29)25-4-2-10(20)23-18(25)31/h1-4,7-8,11-16,26-29H,5-6,21H2,(H2,19,22,30)(H2,20,23,31)/t7-,8+,11-,12-,13-,14+,15+,16-,38-/m1/s1. The minimum absolute atomic E-state index is 0.0728. The number of aromatic nitrogens is 4. The van der Waals surface area contributed by atoms with Crippen molar-refractivity contribution >= 4 is 19.5 Å². The quantitative estimate of drug-likeness (QED) is 0.113. The number of nitrogen functional groups attached to an aromatic ring is 2. The Morgan fingerprint density at radius 3 is 1.95 bits per heavy atom. The van der Waals surface area contributed by atoms with Crippen LogP contribution in [0.1, 0.15) is 12.5 Å². The highest BCUT2D eigenvalue weighted by Crippen LogP contribution is 2.52. The predicted octanol–water partition coefficient (Wildman–Crippen LogP) is -4.07. The van der Waals surface area contributed by atoms with E-state index in [1.165, 1.54) is 24.5 Å². The summed E-state index contributed by atoms with van der Waals surface area (Å²) in [4.78, 5) is 31.3. The highest BCUT2D eigenvalue weighted by molar-refractivity contribution is 7.48. The van der Waals surface area contributed by atoms with Gasteiger partial charge in [0.1, 0.15) is 48.3 Å². The zero-order valence-corrected chi connectivity index (χ0v) is 20.3. The Morgan fingerprint density at radius 1 is 0.921 bits per heavy atom. The molecule has 2 saturated heterocycles. The van der Waals surface area contributed by atoms with Gasteiger partial charge in [0.15, 0.2) is 12.5 Å². The van der Waals surface area contributed by atoms with Crippen molar-refractivity contribution in [2.75, 3.05) is 24.7 Å². The average Bonchev–Trinajstić information content (AvgIpc) is 3.33. The third kappa shape index (κ3) is 5.48. The Morgan fingerprint density at radius 2 is 1.45 bits per heavy atom. The molecule has 4 heterocycles. The normalized spacial score (nSPS) is 32.9. The van der Waals surface area contributed by atoms with Gasteiger partial charge in [0.05, 0.1) is 13.2 Å². The van der Waals surface area contributed by atoms with Crippen LogP contribution < -0.4 is 28.7 Å². The van der Waals surface area contributed by atoms with Crippen molar-refractivity contribution in [1.82, 2.24) is 19.1 Å². The van der Waals surface area contributed by atoms with Gasteiger partial charge >= 0.3 is 19.2 Å². The first-order valence-corrected chi connectivity index (χ1v) is 12.4. The number of hydrogen-bond acceptors (Lipinski definition) is 17. The van der Waals surface area contributed by atoms with E-state index in [9.17, 15) is 34.6 Å². The number of hydrogen-bond donors (Lipinski definition) is 7. The van der Waals surface area contributed by atoms with Crippen LogP contribution in [0.2, 0.25) is 0 Å². The molecule has 20 heteroatoms. The van der Waals surface area contributed by atoms with Crippen molar-refractivity contribution in [3.05, 3.63) is 45.5 Å². The van der Waals surface area contributed by atoms with E-state index in [1.54, 1.807) is 0 Å². The topological polar surface area (TPSA) is 292 Å². The first-order valence-electron chi connectivity index (χ1n) is 10.9. The van der Waals surface area contributed by atoms with E-state index in [-0.39, 0.29) is 11.6 Å². The Kier molecular flexibility index (Phi) is 8.26. The molecule has 210 valence electrons. The number of ether oxygens (including phenoxy) is 2. The molecule has 10 N–H and O–H groups in total. The summed E-state index contributed by atoms with van der Waals surface area (Å²) in [5.41, 5.74) is 9.16. The lowest BCUT2D eigenvalue weighted by atomic mass is 10.1. The Balaban J connectivity index is 1.46. The van der Waals surface area contributed by atoms with Crippen molar-refractivity contribution in [3.63, 3.8) is 0 Å². The van der Waals surface area contributed by atoms with Gasteiger partial charge in [0.2, 0.25) is 0 Å². The molecule has 2 aliphatic rings. The number of phosphoric ester groups is 1. The number of aliphatic hydroxyl groups is 4. The minimum Gasteiger partial charge on any atom is -0.394 e. The second kappa shape index (κ2) is 11.1. The maximum Gasteiger partial charge on any atom is 0.491 e. The molecular weight excluding hydrogens is 537 g/mol. The lowest BCUT2D eigenvalue weighted by Crippen LogP contribution is -2.38. The summed E-state index contributed by atoms with van der Waals surface area (Å²) in [6.45, 7) is -1.48. The van der Waals surface area contributed by atoms with Crippen molar-refractivity contribution in [3.8, 4) is 0 Å². The number of rotatable bonds is 9. The zero-order valence-electron chi connectivity index (χ0n) is 19.4. The van der Waals surface area contributed by atoms with Gasteiger partial charge in [-0.25, -0.2) is 24.7 Å². The van der Waals surface area contributed by atoms with Crippen LogP contribution in [-0.2, 0) is 27.7 Å². The molecule has 9 atom stereocenters. The maximum absolute atomic E-state index is 13.1. The molecule has 0 aromatic carbocycles. The summed E-state index contributed by atoms with van der Waals surface area (Å²) >= 11 is 0. The number of anilines is 2. The molecule has 0 amide bonds. The lowest BCUT2D eigenvalue weighted by Gasteiger charge is -2.25. The van der Waals surface area contributed by atoms with Crippen molar-refractivity contribution < 1.29 is 48.1 Å². The molecule has 2 aliphatic heterocycles. The molecule has 0 spiro atoms. The highest BCUT2D eigenvalue weighted by Gasteiger charge is 2.51. The first kappa shape index (κ1) is 28.2. The van der Waals surface area contributed by atoms with E-state index < -0.39 is 81.5 Å². The first-order chi connectivity index (χ1) is 18.0. The molecule has 4 rings (SSSR count). The van der Waals surface area contributed by atoms with Crippen molar-refractivity contribution in [2.45, 2.75) is 49.1 Å². The zero-order chi connectivity index (χ0) is 27.8. The number of phosphoric acid groups is 1. The summed E-state index contributed by atoms with van der Waals surface area (Å²) in [7, 11) is -4.75. The van der Waals surface area contributed by atoms with Gasteiger partial charge in [0, 0.05) is 12.4 Å². The minimum atomic E-state index is -4.75. The van der Waals surface area contributed by atoms with Crippen molar-refractivity contribution in [1.29, 1.82) is 0 Å². The van der Waals surface area contributed by atoms with Gasteiger partial charge in [-0.05, 0) is 12.1 Å². The second-order valence-electron chi connectivity index (χ2n) is 8.29. The molecule has 19 nitrogen and oxygen atoms in total. The third-order valence-corrected chi connectivity index (χ3v) is 7.08. The Bertz CT molecular complexity index is 1310. The monoisotopic (exact) mass is 563 g/mol. The Labute approximate surface area is 212 Å². The van der Waals surface area contributed by atoms with Crippen LogP contribution in [0.25, 0.3) is 0 Å². The fraction of sp³-hybridized carbons (Fsp3) is 0.556. The van der Waals surface area contributed by atoms with Gasteiger partial charge in [0.25, 0.3) is 0 Å². The number of aliphatic hydroxyl groups excluding tert-OH is 4. The van der Waals surface area contributed by atoms with Gasteiger partial charge in [-0.15, -0.1) is 0 Å². The fourth-order valence-corrected chi connectivity index (χ4v) is 5.02. The van der Waals surface area contributed by atoms with Gasteiger partial charge in [-0.1, -0.05) is 0 Å². The summed E-state index contributed by atoms with van der Waals surface area (Å²) in [6.07, 6.45) is -9.66. The molecule has 0 radical (unpaired) electrons. The predicted molar refractivity (Wildman–Crippen MR) is 122 cm³/mol. The third-order valence-electron chi connectivity index (χ3n) is 5.85. The summed E-state index contributed by atoms with van der Waals surface area (Å²) in [5, 5.41) is 41.1. The molecule has 0 unspecified atom stereocenters. The highest BCUT2D eigenvalue weighted by atomic mass is 31.2. The fourth-order valence-electron chi connectivity index (χ4n) is 3.96. The summed E-state index contributed by atoms with van der Waals surface area (Å²) in [5.74, 6) is 4.95. The van der Waals surface area contributed by atoms with Crippen LogP contribution in [0.15, 0.2) is 34.1 Å². The molecule has 0 bridgehead atoms. The largest absolute Gasteiger partial charge is 0.491 e. The van der Waals surface area contributed by atoms with Crippen LogP contribution >= 0.6 is 7.82 Å². The second-order valence-corrected chi connectivity index (χ2v) is 9.86. The van der Waals surface area contributed by atoms with Crippen LogP contribution in [0.3, 0.4) is 0 Å². The number of nitrogens with zero attached hydrogens (tertiary/aromatic N) is 4. The van der Waals surface area contributed by atoms with Crippen LogP contribution in [0, 0.1) is 0 Å². The Hall–Kier alpha value is -2.81. The van der Waals surface area contributed by atoms with E-state index in [0.717, 1.165) is 9.13 Å². The van der Waals surface area contributed by atoms with Crippen LogP contribution in [-0.4, -0.2) is 89.4 Å². The summed E-state index contributed by atoms with van der Waals surface area (Å²) in [6, 6.07) is 2.53. The van der Waals surface area contributed by atoms with E-state index in [4.69, 9.17) is 35.9 Å². The molecule has 0 aliphatic carbocycles. The molecule has 38 heavy (non-hydrogen) atoms. The lowest BCUT2D eigenvalue weighted by molar-refractivity contribution is -0.0636. The van der Waals surface area contributed by atoms with Gasteiger partial charge < -0.3 is 41.4 Å². The van der Waals surface area contributed by atoms with E-state index >= 15 is 0 Å².